The summed E-state index contributed by atoms with van der Waals surface area (Å²) < 4.78 is 36.8. The van der Waals surface area contributed by atoms with Crippen molar-refractivity contribution in [1.29, 1.82) is 0 Å². The number of cyclic esters (lactones) is 2. The van der Waals surface area contributed by atoms with Crippen LogP contribution in [0.3, 0.4) is 0 Å². The Kier molecular flexibility index (Phi) is 12.0. The molecule has 8 saturated carbocycles. The van der Waals surface area contributed by atoms with E-state index >= 15 is 14.4 Å². The quantitative estimate of drug-likeness (QED) is 0.100. The first-order valence-corrected chi connectivity index (χ1v) is 34.6. The van der Waals surface area contributed by atoms with Crippen molar-refractivity contribution in [3.05, 3.63) is 95.6 Å². The number of aliphatic hydroxyl groups is 3. The minimum absolute atomic E-state index is 0.0375. The molecule has 4 spiro atoms. The van der Waals surface area contributed by atoms with Gasteiger partial charge in [0.2, 0.25) is 0 Å². The number of aliphatic hydroxyl groups excluding tert-OH is 3. The van der Waals surface area contributed by atoms with Gasteiger partial charge in [-0.3, -0.25) is 14.9 Å². The summed E-state index contributed by atoms with van der Waals surface area (Å²) in [5, 5.41) is 41.2. The zero-order valence-electron chi connectivity index (χ0n) is 50.9. The van der Waals surface area contributed by atoms with Crippen molar-refractivity contribution in [2.24, 2.45) is 116 Å². The molecule has 28 unspecified atom stereocenters. The van der Waals surface area contributed by atoms with Crippen LogP contribution in [0.15, 0.2) is 83.2 Å². The maximum absolute atomic E-state index is 17.5. The number of epoxide rings is 1. The Morgan fingerprint density at radius 1 is 0.849 bits per heavy atom. The second-order valence-corrected chi connectivity index (χ2v) is 32.3. The molecule has 28 atom stereocenters. The number of rotatable bonds is 10. The second kappa shape index (κ2) is 18.8. The van der Waals surface area contributed by atoms with Crippen LogP contribution in [0.2, 0.25) is 0 Å². The topological polar surface area (TPSA) is 181 Å². The number of ketones is 1. The van der Waals surface area contributed by atoms with Crippen LogP contribution in [-0.4, -0.2) is 106 Å². The summed E-state index contributed by atoms with van der Waals surface area (Å²) in [4.78, 5) is 51.4. The number of carbonyl (C=O) groups excluding carboxylic acids is 3. The third kappa shape index (κ3) is 6.58. The number of hydrogen-bond acceptors (Lipinski definition) is 13. The van der Waals surface area contributed by atoms with Gasteiger partial charge in [-0.25, -0.2) is 4.79 Å². The molecule has 0 radical (unpaired) electrons. The Morgan fingerprint density at radius 2 is 1.70 bits per heavy atom. The molecule has 0 amide bonds. The lowest BCUT2D eigenvalue weighted by atomic mass is 9.29. The number of carbonyl (C=O) groups is 3. The summed E-state index contributed by atoms with van der Waals surface area (Å²) in [5.41, 5.74) is -4.21. The van der Waals surface area contributed by atoms with Gasteiger partial charge in [-0.2, -0.15) is 0 Å². The van der Waals surface area contributed by atoms with Gasteiger partial charge in [0.15, 0.2) is 11.9 Å². The molecule has 1 aromatic heterocycles. The molecule has 18 rings (SSSR count). The van der Waals surface area contributed by atoms with E-state index in [4.69, 9.17) is 23.4 Å². The summed E-state index contributed by atoms with van der Waals surface area (Å²) in [7, 11) is 0. The molecule has 13 heteroatoms. The summed E-state index contributed by atoms with van der Waals surface area (Å²) in [5.74, 6) is 0.0902. The van der Waals surface area contributed by atoms with E-state index in [1.807, 2.05) is 6.07 Å². The van der Waals surface area contributed by atoms with Crippen molar-refractivity contribution in [2.75, 3.05) is 26.4 Å². The zero-order valence-corrected chi connectivity index (χ0v) is 50.9. The lowest BCUT2D eigenvalue weighted by molar-refractivity contribution is -0.300. The van der Waals surface area contributed by atoms with E-state index in [2.05, 4.69) is 91.8 Å². The Bertz CT molecular complexity index is 3230. The van der Waals surface area contributed by atoms with Crippen LogP contribution in [0.4, 0.5) is 0 Å². The molecule has 5 bridgehead atoms. The Balaban J connectivity index is 0.817. The highest BCUT2D eigenvalue weighted by Gasteiger charge is 2.98. The molecular formula is C73H92N2O11. The number of hydrogen-bond donors (Lipinski definition) is 4. The maximum Gasteiger partial charge on any atom is 0.339 e. The van der Waals surface area contributed by atoms with Crippen molar-refractivity contribution in [3.63, 3.8) is 0 Å². The summed E-state index contributed by atoms with van der Waals surface area (Å²) >= 11 is 0. The van der Waals surface area contributed by atoms with Crippen molar-refractivity contribution in [1.82, 2.24) is 10.2 Å². The van der Waals surface area contributed by atoms with Crippen LogP contribution in [0.1, 0.15) is 153 Å². The summed E-state index contributed by atoms with van der Waals surface area (Å²) in [6, 6.07) is 13.2. The van der Waals surface area contributed by atoms with Gasteiger partial charge in [0, 0.05) is 41.3 Å². The smallest absolute Gasteiger partial charge is 0.339 e. The fraction of sp³-hybridized carbons (Fsp3) is 0.740. The van der Waals surface area contributed by atoms with Crippen LogP contribution < -0.4 is 5.32 Å². The van der Waals surface area contributed by atoms with Crippen LogP contribution in [0.5, 0.6) is 0 Å². The second-order valence-electron chi connectivity index (χ2n) is 32.3. The highest BCUT2D eigenvalue weighted by molar-refractivity contribution is 5.94. The zero-order chi connectivity index (χ0) is 58.2. The van der Waals surface area contributed by atoms with Gasteiger partial charge in [0.05, 0.1) is 48.5 Å². The summed E-state index contributed by atoms with van der Waals surface area (Å²) in [6.07, 6.45) is 26.9. The number of ether oxygens (including phenoxy) is 4. The van der Waals surface area contributed by atoms with Gasteiger partial charge >= 0.3 is 11.9 Å². The van der Waals surface area contributed by atoms with E-state index in [1.165, 1.54) is 36.8 Å². The molecule has 460 valence electrons. The molecule has 13 nitrogen and oxygen atoms in total. The molecule has 16 aliphatic rings. The van der Waals surface area contributed by atoms with Gasteiger partial charge in [-0.1, -0.05) is 101 Å². The number of nitrogens with one attached hydrogen (secondary N) is 1. The van der Waals surface area contributed by atoms with Gasteiger partial charge < -0.3 is 43.6 Å². The van der Waals surface area contributed by atoms with Crippen LogP contribution in [0, 0.1) is 116 Å². The fourth-order valence-corrected chi connectivity index (χ4v) is 27.1. The standard InChI is InChI=1S/C73H92N2O11/c1-39-49-17-8-7-14-42(49)18-20-50(39)54-31-48-30-46-16-10-24-69(46)34-45-33-67(2)63(52-23-26-82-57(52)32-53(56(77)36-76)43-19-21-51-44(29-43)22-25-75-38-74-35-55(51)75)84-66(81)64-73(67,85-64)71(47-15-9-13-41(28-47)27-40-11-5-4-6-12-40)59(45)70-37-83-65(80)61(69)72(48,70)86-68(54,3)60(70)58(78)62(71)79/h4-6,11-12,18,20,22-23,25-26,31,39,41-47,49-51,53-56,59-64,74,76-77,79H,7-10,13-17,19,21,24,27-30,32-38H2,1-3H3. The van der Waals surface area contributed by atoms with Crippen molar-refractivity contribution in [2.45, 2.75) is 190 Å². The highest BCUT2D eigenvalue weighted by atomic mass is 16.7. The number of furan rings is 1. The lowest BCUT2D eigenvalue weighted by Crippen LogP contribution is -2.82. The molecule has 13 fully saturated rings. The third-order valence-electron chi connectivity index (χ3n) is 29.7. The number of allylic oxidation sites excluding steroid dienone is 3. The number of benzene rings is 1. The number of fused-ring (bicyclic) bond motifs is 6. The van der Waals surface area contributed by atoms with Crippen molar-refractivity contribution in [3.8, 4) is 0 Å². The molecule has 7 aliphatic heterocycles. The van der Waals surface area contributed by atoms with E-state index in [9.17, 15) is 15.3 Å². The first kappa shape index (κ1) is 54.8. The van der Waals surface area contributed by atoms with Crippen LogP contribution >= 0.6 is 0 Å². The average molecular weight is 1170 g/mol. The highest BCUT2D eigenvalue weighted by Crippen LogP contribution is 2.90. The normalized spacial score (nSPS) is 52.6. The van der Waals surface area contributed by atoms with E-state index in [-0.39, 0.29) is 72.3 Å². The predicted octanol–water partition coefficient (Wildman–Crippen LogP) is 10.0. The molecule has 86 heavy (non-hydrogen) atoms. The van der Waals surface area contributed by atoms with Crippen LogP contribution in [0.25, 0.3) is 0 Å². The van der Waals surface area contributed by atoms with E-state index in [0.29, 0.717) is 54.2 Å². The lowest BCUT2D eigenvalue weighted by Gasteiger charge is -2.72. The molecule has 2 aromatic rings. The molecule has 5 saturated heterocycles. The number of Topliss-reactive ketones (excluding diaryl/α,β-unsaturated/α-hetero) is 1. The van der Waals surface area contributed by atoms with Crippen molar-refractivity contribution >= 4 is 17.7 Å². The Morgan fingerprint density at radius 3 is 2.56 bits per heavy atom. The Labute approximate surface area is 507 Å². The number of nitrogens with zero attached hydrogens (tertiary/aromatic N) is 1. The first-order chi connectivity index (χ1) is 41.7. The van der Waals surface area contributed by atoms with E-state index in [1.54, 1.807) is 6.26 Å². The predicted molar refractivity (Wildman–Crippen MR) is 317 cm³/mol. The SMILES string of the molecule is CC1C(C2C=C3CC4CCCC45CC4CC6(C)C(c7ccoc7CC(C(O)CO)C7CCC8C(C=CN9CNCC89)C7)OC(=O)C7OC76C6(C7CCCC(Cc8ccccc8)C7)C(O)C(=O)C7C2(C)OC32C5C(=O)OCC72C46)C=CC2CCCCC21. The van der Waals surface area contributed by atoms with Gasteiger partial charge in [-0.05, 0) is 196 Å². The molecule has 8 heterocycles. The van der Waals surface area contributed by atoms with Gasteiger partial charge in [0.25, 0.3) is 0 Å². The van der Waals surface area contributed by atoms with Gasteiger partial charge in [0.1, 0.15) is 35.8 Å². The molecule has 9 aliphatic carbocycles. The minimum Gasteiger partial charge on any atom is -0.469 e. The van der Waals surface area contributed by atoms with E-state index < -0.39 is 86.6 Å². The van der Waals surface area contributed by atoms with Crippen LogP contribution in [-0.2, 0) is 46.2 Å². The maximum atomic E-state index is 17.5. The molecule has 4 N–H and O–H groups in total. The third-order valence-corrected chi connectivity index (χ3v) is 29.7. The fourth-order valence-electron chi connectivity index (χ4n) is 27.1. The molecule has 1 aromatic carbocycles. The van der Waals surface area contributed by atoms with Gasteiger partial charge in [-0.15, -0.1) is 0 Å². The monoisotopic (exact) mass is 1170 g/mol. The van der Waals surface area contributed by atoms with E-state index in [0.717, 1.165) is 102 Å². The largest absolute Gasteiger partial charge is 0.469 e. The Hall–Kier alpha value is -4.11. The van der Waals surface area contributed by atoms with Crippen molar-refractivity contribution < 1.29 is 53.1 Å². The minimum atomic E-state index is -1.51. The number of esters is 2. The summed E-state index contributed by atoms with van der Waals surface area (Å²) in [6.45, 7) is 8.47. The molecular weight excluding hydrogens is 1080 g/mol. The first-order valence-electron chi connectivity index (χ1n) is 34.6. The average Bonchev–Trinajstić information content (AvgIpc) is 1.40.